The third-order valence-corrected chi connectivity index (χ3v) is 6.40. The number of carbonyl (C=O) groups is 2. The summed E-state index contributed by atoms with van der Waals surface area (Å²) in [5.41, 5.74) is 1.79. The molecule has 0 saturated carbocycles. The van der Waals surface area contributed by atoms with Gasteiger partial charge in [0.1, 0.15) is 0 Å². The molecule has 1 aliphatic heterocycles. The zero-order valence-electron chi connectivity index (χ0n) is 16.8. The first-order chi connectivity index (χ1) is 13.7. The van der Waals surface area contributed by atoms with Crippen molar-refractivity contribution in [3.8, 4) is 0 Å². The number of fused-ring (bicyclic) bond motifs is 1. The minimum Gasteiger partial charge on any atom is -0.274 e. The number of nitrogens with zero attached hydrogens (tertiary/aromatic N) is 1. The summed E-state index contributed by atoms with van der Waals surface area (Å²) in [6, 6.07) is 13.2. The zero-order valence-corrected chi connectivity index (χ0v) is 17.6. The topological polar surface area (TPSA) is 80.8 Å². The summed E-state index contributed by atoms with van der Waals surface area (Å²) in [7, 11) is -3.88. The minimum atomic E-state index is -3.88. The molecule has 0 N–H and O–H groups in total. The summed E-state index contributed by atoms with van der Waals surface area (Å²) < 4.78 is 30.7. The van der Waals surface area contributed by atoms with Crippen LogP contribution in [0, 0.1) is 12.8 Å². The summed E-state index contributed by atoms with van der Waals surface area (Å²) in [4.78, 5) is 26.2. The van der Waals surface area contributed by atoms with E-state index in [2.05, 4.69) is 0 Å². The second kappa shape index (κ2) is 8.47. The van der Waals surface area contributed by atoms with Gasteiger partial charge in [0.15, 0.2) is 0 Å². The molecule has 0 aliphatic carbocycles. The van der Waals surface area contributed by atoms with Crippen molar-refractivity contribution in [2.45, 2.75) is 44.6 Å². The number of benzene rings is 2. The van der Waals surface area contributed by atoms with E-state index in [0.717, 1.165) is 5.56 Å². The van der Waals surface area contributed by atoms with Gasteiger partial charge >= 0.3 is 0 Å². The van der Waals surface area contributed by atoms with Crippen molar-refractivity contribution < 1.29 is 22.2 Å². The molecule has 1 unspecified atom stereocenters. The van der Waals surface area contributed by atoms with Gasteiger partial charge in [0.25, 0.3) is 21.9 Å². The van der Waals surface area contributed by atoms with Crippen molar-refractivity contribution in [3.63, 3.8) is 0 Å². The van der Waals surface area contributed by atoms with E-state index < -0.39 is 16.2 Å². The van der Waals surface area contributed by atoms with Crippen LogP contribution in [0.2, 0.25) is 0 Å². The van der Waals surface area contributed by atoms with Crippen molar-refractivity contribution in [3.05, 3.63) is 65.2 Å². The molecule has 0 fully saturated rings. The fourth-order valence-corrected chi connectivity index (χ4v) is 4.53. The quantitative estimate of drug-likeness (QED) is 0.484. The summed E-state index contributed by atoms with van der Waals surface area (Å²) in [5, 5.41) is 0. The predicted octanol–water partition coefficient (Wildman–Crippen LogP) is 3.80. The Morgan fingerprint density at radius 1 is 0.931 bits per heavy atom. The molecule has 2 amide bonds. The van der Waals surface area contributed by atoms with Crippen LogP contribution in [0.25, 0.3) is 0 Å². The first-order valence-corrected chi connectivity index (χ1v) is 11.1. The molecular formula is C22H25NO5S. The highest BCUT2D eigenvalue weighted by Gasteiger charge is 2.35. The van der Waals surface area contributed by atoms with Crippen molar-refractivity contribution in [1.29, 1.82) is 0 Å². The second-order valence-electron chi connectivity index (χ2n) is 7.60. The molecule has 0 aromatic heterocycles. The molecule has 0 bridgehead atoms. The lowest BCUT2D eigenvalue weighted by molar-refractivity contribution is 0.0639. The molecule has 7 heteroatoms. The van der Waals surface area contributed by atoms with Gasteiger partial charge in [0, 0.05) is 6.54 Å². The summed E-state index contributed by atoms with van der Waals surface area (Å²) in [6.07, 6.45) is 0.324. The van der Waals surface area contributed by atoms with Gasteiger partial charge in [-0.25, -0.2) is 0 Å². The summed E-state index contributed by atoms with van der Waals surface area (Å²) >= 11 is 0. The minimum absolute atomic E-state index is 0.0441. The molecule has 0 spiro atoms. The van der Waals surface area contributed by atoms with Crippen molar-refractivity contribution >= 4 is 21.9 Å². The average molecular weight is 416 g/mol. The molecule has 1 aliphatic rings. The van der Waals surface area contributed by atoms with Gasteiger partial charge in [-0.15, -0.1) is 0 Å². The predicted molar refractivity (Wildman–Crippen MR) is 109 cm³/mol. The fourth-order valence-electron chi connectivity index (χ4n) is 3.31. The standard InChI is InChI=1S/C22H25NO5S/c1-15(2)20(28-29(26,27)17-12-10-16(3)11-13-17)9-6-14-23-21(24)18-7-4-5-8-19(18)22(23)25/h4-5,7-8,10-13,15,20H,6,9,14H2,1-3H3. The molecule has 2 aromatic carbocycles. The Bertz CT molecular complexity index is 977. The van der Waals surface area contributed by atoms with E-state index >= 15 is 0 Å². The van der Waals surface area contributed by atoms with E-state index in [0.29, 0.717) is 24.0 Å². The van der Waals surface area contributed by atoms with Gasteiger partial charge < -0.3 is 0 Å². The van der Waals surface area contributed by atoms with Gasteiger partial charge in [0.05, 0.1) is 22.1 Å². The van der Waals surface area contributed by atoms with E-state index in [4.69, 9.17) is 4.18 Å². The van der Waals surface area contributed by atoms with Crippen LogP contribution in [-0.4, -0.2) is 37.8 Å². The Kier molecular flexibility index (Phi) is 6.19. The largest absolute Gasteiger partial charge is 0.297 e. The highest BCUT2D eigenvalue weighted by Crippen LogP contribution is 2.25. The first-order valence-electron chi connectivity index (χ1n) is 9.66. The van der Waals surface area contributed by atoms with Crippen molar-refractivity contribution in [2.24, 2.45) is 5.92 Å². The zero-order chi connectivity index (χ0) is 21.2. The number of imide groups is 1. The van der Waals surface area contributed by atoms with Crippen LogP contribution in [0.1, 0.15) is 53.0 Å². The molecule has 0 saturated heterocycles. The van der Waals surface area contributed by atoms with Crippen molar-refractivity contribution in [1.82, 2.24) is 4.90 Å². The van der Waals surface area contributed by atoms with Crippen LogP contribution in [0.5, 0.6) is 0 Å². The van der Waals surface area contributed by atoms with E-state index in [1.807, 2.05) is 20.8 Å². The summed E-state index contributed by atoms with van der Waals surface area (Å²) in [6.45, 7) is 5.88. The Morgan fingerprint density at radius 2 is 1.48 bits per heavy atom. The van der Waals surface area contributed by atoms with E-state index in [9.17, 15) is 18.0 Å². The molecule has 29 heavy (non-hydrogen) atoms. The number of hydrogen-bond acceptors (Lipinski definition) is 5. The molecule has 3 rings (SSSR count). The molecule has 0 radical (unpaired) electrons. The number of carbonyl (C=O) groups excluding carboxylic acids is 2. The summed E-state index contributed by atoms with van der Waals surface area (Å²) in [5.74, 6) is -0.655. The van der Waals surface area contributed by atoms with Crippen LogP contribution in [0.3, 0.4) is 0 Å². The Morgan fingerprint density at radius 3 is 2.00 bits per heavy atom. The molecule has 2 aromatic rings. The Balaban J connectivity index is 1.63. The lowest BCUT2D eigenvalue weighted by Gasteiger charge is -2.22. The maximum absolute atomic E-state index is 12.6. The smallest absolute Gasteiger partial charge is 0.274 e. The fraction of sp³-hybridized carbons (Fsp3) is 0.364. The highest BCUT2D eigenvalue weighted by atomic mass is 32.2. The van der Waals surface area contributed by atoms with Gasteiger partial charge in [-0.05, 0) is 49.9 Å². The van der Waals surface area contributed by atoms with E-state index in [1.165, 1.54) is 17.0 Å². The van der Waals surface area contributed by atoms with E-state index in [-0.39, 0.29) is 29.2 Å². The van der Waals surface area contributed by atoms with Crippen LogP contribution in [0.15, 0.2) is 53.4 Å². The lowest BCUT2D eigenvalue weighted by Crippen LogP contribution is -2.32. The number of hydrogen-bond donors (Lipinski definition) is 0. The highest BCUT2D eigenvalue weighted by molar-refractivity contribution is 7.86. The number of rotatable bonds is 8. The Labute approximate surface area is 171 Å². The number of amides is 2. The maximum Gasteiger partial charge on any atom is 0.297 e. The Hall–Kier alpha value is -2.51. The monoisotopic (exact) mass is 415 g/mol. The van der Waals surface area contributed by atoms with Crippen LogP contribution < -0.4 is 0 Å². The van der Waals surface area contributed by atoms with Crippen LogP contribution >= 0.6 is 0 Å². The molecule has 154 valence electrons. The first kappa shape index (κ1) is 21.2. The maximum atomic E-state index is 12.6. The van der Waals surface area contributed by atoms with Crippen molar-refractivity contribution in [2.75, 3.05) is 6.54 Å². The second-order valence-corrected chi connectivity index (χ2v) is 9.17. The van der Waals surface area contributed by atoms with Gasteiger partial charge in [-0.2, -0.15) is 8.42 Å². The van der Waals surface area contributed by atoms with Crippen LogP contribution in [0.4, 0.5) is 0 Å². The van der Waals surface area contributed by atoms with Gasteiger partial charge in [-0.1, -0.05) is 43.7 Å². The van der Waals surface area contributed by atoms with Crippen LogP contribution in [-0.2, 0) is 14.3 Å². The lowest BCUT2D eigenvalue weighted by atomic mass is 10.0. The number of aryl methyl sites for hydroxylation is 1. The van der Waals surface area contributed by atoms with Gasteiger partial charge in [0.2, 0.25) is 0 Å². The molecule has 1 atom stereocenters. The third kappa shape index (κ3) is 4.57. The van der Waals surface area contributed by atoms with Gasteiger partial charge in [-0.3, -0.25) is 18.7 Å². The van der Waals surface area contributed by atoms with E-state index in [1.54, 1.807) is 36.4 Å². The molecule has 6 nitrogen and oxygen atoms in total. The molecular weight excluding hydrogens is 390 g/mol. The SMILES string of the molecule is Cc1ccc(S(=O)(=O)OC(CCCN2C(=O)c3ccccc3C2=O)C(C)C)cc1. The third-order valence-electron chi connectivity index (χ3n) is 5.05. The molecule has 1 heterocycles. The normalized spacial score (nSPS) is 15.1. The average Bonchev–Trinajstić information content (AvgIpc) is 2.92.